The lowest BCUT2D eigenvalue weighted by Crippen LogP contribution is -2.20. The van der Waals surface area contributed by atoms with Gasteiger partial charge in [0.15, 0.2) is 5.65 Å². The molecule has 2 aromatic rings. The molecule has 0 saturated carbocycles. The topological polar surface area (TPSA) is 62.2 Å². The Hall–Kier alpha value is -1.33. The molecule has 1 saturated heterocycles. The first kappa shape index (κ1) is 9.86. The predicted molar refractivity (Wildman–Crippen MR) is 60.8 cm³/mol. The number of rotatable bonds is 1. The van der Waals surface area contributed by atoms with E-state index in [2.05, 4.69) is 15.4 Å². The minimum absolute atomic E-state index is 0.124. The van der Waals surface area contributed by atoms with Crippen LogP contribution >= 0.6 is 11.6 Å². The van der Waals surface area contributed by atoms with Gasteiger partial charge >= 0.3 is 0 Å². The SMILES string of the molecule is O=c1cc(C2CCCN2)nc2c(Cl)c[nH]n12. The summed E-state index contributed by atoms with van der Waals surface area (Å²) in [6.45, 7) is 0.979. The number of nitrogens with zero attached hydrogens (tertiary/aromatic N) is 2. The van der Waals surface area contributed by atoms with E-state index in [1.54, 1.807) is 12.3 Å². The monoisotopic (exact) mass is 238 g/mol. The van der Waals surface area contributed by atoms with Crippen molar-refractivity contribution in [3.8, 4) is 0 Å². The van der Waals surface area contributed by atoms with Gasteiger partial charge in [0.1, 0.15) is 5.02 Å². The maximum atomic E-state index is 11.8. The lowest BCUT2D eigenvalue weighted by Gasteiger charge is -2.08. The summed E-state index contributed by atoms with van der Waals surface area (Å²) in [7, 11) is 0. The highest BCUT2D eigenvalue weighted by molar-refractivity contribution is 6.33. The second-order valence-corrected chi connectivity index (χ2v) is 4.36. The van der Waals surface area contributed by atoms with Gasteiger partial charge in [-0.05, 0) is 19.4 Å². The van der Waals surface area contributed by atoms with Crippen LogP contribution in [0.3, 0.4) is 0 Å². The van der Waals surface area contributed by atoms with Gasteiger partial charge in [-0.15, -0.1) is 0 Å². The van der Waals surface area contributed by atoms with Gasteiger partial charge in [0.05, 0.1) is 5.69 Å². The minimum Gasteiger partial charge on any atom is -0.309 e. The average molecular weight is 239 g/mol. The van der Waals surface area contributed by atoms with Gasteiger partial charge in [-0.1, -0.05) is 11.6 Å². The highest BCUT2D eigenvalue weighted by atomic mass is 35.5. The first-order valence-electron chi connectivity index (χ1n) is 5.25. The Bertz CT molecular complexity index is 582. The number of hydrogen-bond donors (Lipinski definition) is 2. The van der Waals surface area contributed by atoms with Crippen LogP contribution in [-0.4, -0.2) is 21.1 Å². The fourth-order valence-corrected chi connectivity index (χ4v) is 2.26. The second-order valence-electron chi connectivity index (χ2n) is 3.95. The standard InChI is InChI=1S/C10H11ClN4O/c11-6-5-13-15-9(16)4-8(14-10(6)15)7-2-1-3-12-7/h4-5,7,12-13H,1-3H2. The van der Waals surface area contributed by atoms with Crippen molar-refractivity contribution in [1.29, 1.82) is 0 Å². The van der Waals surface area contributed by atoms with Crippen LogP contribution in [0.2, 0.25) is 5.02 Å². The van der Waals surface area contributed by atoms with E-state index in [1.807, 2.05) is 0 Å². The van der Waals surface area contributed by atoms with Crippen LogP contribution in [0.25, 0.3) is 5.65 Å². The average Bonchev–Trinajstić information content (AvgIpc) is 2.88. The van der Waals surface area contributed by atoms with Gasteiger partial charge < -0.3 is 5.32 Å². The number of fused-ring (bicyclic) bond motifs is 1. The first-order chi connectivity index (χ1) is 7.75. The fourth-order valence-electron chi connectivity index (χ4n) is 2.09. The van der Waals surface area contributed by atoms with E-state index in [0.717, 1.165) is 25.1 Å². The van der Waals surface area contributed by atoms with Gasteiger partial charge in [-0.3, -0.25) is 9.89 Å². The van der Waals surface area contributed by atoms with E-state index in [9.17, 15) is 4.79 Å². The molecule has 1 aliphatic rings. The highest BCUT2D eigenvalue weighted by Gasteiger charge is 2.19. The number of H-pyrrole nitrogens is 1. The van der Waals surface area contributed by atoms with Gasteiger partial charge in [-0.2, -0.15) is 0 Å². The molecule has 16 heavy (non-hydrogen) atoms. The maximum Gasteiger partial charge on any atom is 0.273 e. The Morgan fingerprint density at radius 1 is 1.56 bits per heavy atom. The molecular weight excluding hydrogens is 228 g/mol. The van der Waals surface area contributed by atoms with Crippen LogP contribution in [0.15, 0.2) is 17.1 Å². The molecule has 0 bridgehead atoms. The molecule has 1 aliphatic heterocycles. The molecule has 1 unspecified atom stereocenters. The second kappa shape index (κ2) is 3.61. The molecule has 3 rings (SSSR count). The minimum atomic E-state index is -0.124. The third-order valence-electron chi connectivity index (χ3n) is 2.89. The van der Waals surface area contributed by atoms with E-state index >= 15 is 0 Å². The highest BCUT2D eigenvalue weighted by Crippen LogP contribution is 2.22. The number of aromatic nitrogens is 3. The fraction of sp³-hybridized carbons (Fsp3) is 0.400. The summed E-state index contributed by atoms with van der Waals surface area (Å²) in [6, 6.07) is 1.74. The Morgan fingerprint density at radius 2 is 2.44 bits per heavy atom. The molecule has 1 atom stereocenters. The van der Waals surface area contributed by atoms with Crippen molar-refractivity contribution >= 4 is 17.2 Å². The summed E-state index contributed by atoms with van der Waals surface area (Å²) in [4.78, 5) is 16.2. The summed E-state index contributed by atoms with van der Waals surface area (Å²) in [5.74, 6) is 0. The quantitative estimate of drug-likeness (QED) is 0.782. The Labute approximate surface area is 96.4 Å². The van der Waals surface area contributed by atoms with Crippen LogP contribution in [0, 0.1) is 0 Å². The number of aromatic amines is 1. The molecule has 0 radical (unpaired) electrons. The summed E-state index contributed by atoms with van der Waals surface area (Å²) in [5.41, 5.74) is 1.16. The van der Waals surface area contributed by atoms with Crippen LogP contribution in [0.4, 0.5) is 0 Å². The molecule has 1 fully saturated rings. The largest absolute Gasteiger partial charge is 0.309 e. The lowest BCUT2D eigenvalue weighted by molar-refractivity contribution is 0.624. The molecule has 0 aromatic carbocycles. The van der Waals surface area contributed by atoms with Crippen molar-refractivity contribution in [3.63, 3.8) is 0 Å². The first-order valence-corrected chi connectivity index (χ1v) is 5.63. The Morgan fingerprint density at radius 3 is 3.19 bits per heavy atom. The maximum absolute atomic E-state index is 11.8. The van der Waals surface area contributed by atoms with Crippen molar-refractivity contribution in [1.82, 2.24) is 19.9 Å². The number of nitrogens with one attached hydrogen (secondary N) is 2. The number of hydrogen-bond acceptors (Lipinski definition) is 3. The van der Waals surface area contributed by atoms with Crippen molar-refractivity contribution in [2.75, 3.05) is 6.54 Å². The normalized spacial score (nSPS) is 20.7. The zero-order chi connectivity index (χ0) is 11.1. The van der Waals surface area contributed by atoms with Gasteiger partial charge in [0.25, 0.3) is 5.56 Å². The van der Waals surface area contributed by atoms with E-state index < -0.39 is 0 Å². The molecule has 3 heterocycles. The molecule has 0 aliphatic carbocycles. The predicted octanol–water partition coefficient (Wildman–Crippen LogP) is 1.10. The summed E-state index contributed by atoms with van der Waals surface area (Å²) >= 11 is 5.95. The molecular formula is C10H11ClN4O. The van der Waals surface area contributed by atoms with Crippen LogP contribution in [0.1, 0.15) is 24.6 Å². The van der Waals surface area contributed by atoms with Crippen molar-refractivity contribution in [3.05, 3.63) is 33.3 Å². The van der Waals surface area contributed by atoms with Crippen LogP contribution < -0.4 is 10.9 Å². The molecule has 0 spiro atoms. The zero-order valence-corrected chi connectivity index (χ0v) is 9.29. The molecule has 6 heteroatoms. The van der Waals surface area contributed by atoms with Crippen molar-refractivity contribution in [2.24, 2.45) is 0 Å². The Balaban J connectivity index is 2.19. The van der Waals surface area contributed by atoms with Crippen LogP contribution in [-0.2, 0) is 0 Å². The summed E-state index contributed by atoms with van der Waals surface area (Å²) < 4.78 is 1.35. The zero-order valence-electron chi connectivity index (χ0n) is 8.53. The molecule has 5 nitrogen and oxygen atoms in total. The van der Waals surface area contributed by atoms with E-state index in [0.29, 0.717) is 10.7 Å². The smallest absolute Gasteiger partial charge is 0.273 e. The Kier molecular flexibility index (Phi) is 2.22. The lowest BCUT2D eigenvalue weighted by atomic mass is 10.1. The van der Waals surface area contributed by atoms with Gasteiger partial charge in [0, 0.05) is 18.3 Å². The van der Waals surface area contributed by atoms with Crippen LogP contribution in [0.5, 0.6) is 0 Å². The summed E-state index contributed by atoms with van der Waals surface area (Å²) in [5, 5.41) is 6.55. The molecule has 2 aromatic heterocycles. The third kappa shape index (κ3) is 1.44. The number of halogens is 1. The van der Waals surface area contributed by atoms with Gasteiger partial charge in [0.2, 0.25) is 0 Å². The molecule has 0 amide bonds. The van der Waals surface area contributed by atoms with Crippen molar-refractivity contribution < 1.29 is 0 Å². The molecule has 2 N–H and O–H groups in total. The third-order valence-corrected chi connectivity index (χ3v) is 3.17. The van der Waals surface area contributed by atoms with E-state index in [4.69, 9.17) is 11.6 Å². The van der Waals surface area contributed by atoms with Crippen molar-refractivity contribution in [2.45, 2.75) is 18.9 Å². The van der Waals surface area contributed by atoms with Gasteiger partial charge in [-0.25, -0.2) is 9.50 Å². The molecule has 84 valence electrons. The van der Waals surface area contributed by atoms with E-state index in [-0.39, 0.29) is 11.6 Å². The van der Waals surface area contributed by atoms with E-state index in [1.165, 1.54) is 4.52 Å². The summed E-state index contributed by atoms with van der Waals surface area (Å²) in [6.07, 6.45) is 3.70.